The largest absolute Gasteiger partial charge is 0.356 e. The Morgan fingerprint density at radius 3 is 2.68 bits per heavy atom. The SMILES string of the molecule is Cc1cc(C(=O)N2CCCCCCNC(=O)[C@@H]3CCCC[C@@H]32)nn1C. The van der Waals surface area contributed by atoms with Gasteiger partial charge in [0.1, 0.15) is 0 Å². The Morgan fingerprint density at radius 1 is 1.16 bits per heavy atom. The molecule has 1 saturated heterocycles. The first-order chi connectivity index (χ1) is 12.1. The van der Waals surface area contributed by atoms with Gasteiger partial charge in [-0.1, -0.05) is 25.7 Å². The molecule has 0 bridgehead atoms. The molecule has 1 aliphatic carbocycles. The topological polar surface area (TPSA) is 67.2 Å². The number of nitrogens with one attached hydrogen (secondary N) is 1. The van der Waals surface area contributed by atoms with E-state index in [0.29, 0.717) is 5.69 Å². The van der Waals surface area contributed by atoms with Gasteiger partial charge in [-0.15, -0.1) is 0 Å². The van der Waals surface area contributed by atoms with Crippen LogP contribution in [0.4, 0.5) is 0 Å². The van der Waals surface area contributed by atoms with Crippen LogP contribution in [-0.4, -0.2) is 45.6 Å². The molecule has 1 aromatic rings. The summed E-state index contributed by atoms with van der Waals surface area (Å²) in [5, 5.41) is 7.48. The fourth-order valence-electron chi connectivity index (χ4n) is 4.12. The predicted molar refractivity (Wildman–Crippen MR) is 96.2 cm³/mol. The highest BCUT2D eigenvalue weighted by Crippen LogP contribution is 2.30. The first kappa shape index (κ1) is 18.0. The molecule has 25 heavy (non-hydrogen) atoms. The van der Waals surface area contributed by atoms with E-state index in [-0.39, 0.29) is 23.8 Å². The van der Waals surface area contributed by atoms with Crippen molar-refractivity contribution in [2.75, 3.05) is 13.1 Å². The van der Waals surface area contributed by atoms with Crippen LogP contribution in [0.25, 0.3) is 0 Å². The normalized spacial score (nSPS) is 25.7. The number of rotatable bonds is 1. The van der Waals surface area contributed by atoms with Gasteiger partial charge < -0.3 is 10.2 Å². The van der Waals surface area contributed by atoms with E-state index in [1.807, 2.05) is 24.9 Å². The van der Waals surface area contributed by atoms with Gasteiger partial charge in [0, 0.05) is 31.9 Å². The van der Waals surface area contributed by atoms with Gasteiger partial charge in [-0.05, 0) is 38.7 Å². The summed E-state index contributed by atoms with van der Waals surface area (Å²) in [4.78, 5) is 27.8. The third-order valence-electron chi connectivity index (χ3n) is 5.69. The Bertz CT molecular complexity index is 605. The molecule has 1 N–H and O–H groups in total. The van der Waals surface area contributed by atoms with E-state index < -0.39 is 0 Å². The van der Waals surface area contributed by atoms with Crippen molar-refractivity contribution in [3.63, 3.8) is 0 Å². The van der Waals surface area contributed by atoms with Crippen molar-refractivity contribution in [1.82, 2.24) is 20.0 Å². The first-order valence-corrected chi connectivity index (χ1v) is 9.67. The van der Waals surface area contributed by atoms with Crippen LogP contribution in [0.2, 0.25) is 0 Å². The summed E-state index contributed by atoms with van der Waals surface area (Å²) in [6.45, 7) is 3.44. The molecule has 138 valence electrons. The zero-order valence-corrected chi connectivity index (χ0v) is 15.5. The molecule has 0 spiro atoms. The van der Waals surface area contributed by atoms with Gasteiger partial charge in [0.25, 0.3) is 5.91 Å². The lowest BCUT2D eigenvalue weighted by atomic mass is 9.82. The molecule has 2 amide bonds. The smallest absolute Gasteiger partial charge is 0.274 e. The molecule has 6 heteroatoms. The number of hydrogen-bond donors (Lipinski definition) is 1. The Morgan fingerprint density at radius 2 is 1.92 bits per heavy atom. The van der Waals surface area contributed by atoms with Crippen LogP contribution in [-0.2, 0) is 11.8 Å². The van der Waals surface area contributed by atoms with Crippen LogP contribution >= 0.6 is 0 Å². The molecule has 3 rings (SSSR count). The summed E-state index contributed by atoms with van der Waals surface area (Å²) >= 11 is 0. The van der Waals surface area contributed by atoms with Crippen molar-refractivity contribution in [3.8, 4) is 0 Å². The lowest BCUT2D eigenvalue weighted by molar-refractivity contribution is -0.128. The molecule has 1 aromatic heterocycles. The van der Waals surface area contributed by atoms with Gasteiger partial charge in [-0.3, -0.25) is 14.3 Å². The minimum Gasteiger partial charge on any atom is -0.356 e. The van der Waals surface area contributed by atoms with Crippen LogP contribution in [0.1, 0.15) is 67.5 Å². The molecule has 2 aliphatic rings. The average molecular weight is 346 g/mol. The number of amides is 2. The average Bonchev–Trinajstić information content (AvgIpc) is 2.94. The van der Waals surface area contributed by atoms with Gasteiger partial charge in [0.15, 0.2) is 5.69 Å². The molecule has 1 saturated carbocycles. The number of fused-ring (bicyclic) bond motifs is 1. The monoisotopic (exact) mass is 346 g/mol. The number of aromatic nitrogens is 2. The summed E-state index contributed by atoms with van der Waals surface area (Å²) < 4.78 is 1.74. The number of carbonyl (C=O) groups excluding carboxylic acids is 2. The van der Waals surface area contributed by atoms with Crippen LogP contribution in [0.3, 0.4) is 0 Å². The molecule has 2 heterocycles. The van der Waals surface area contributed by atoms with E-state index in [4.69, 9.17) is 0 Å². The molecule has 0 unspecified atom stereocenters. The summed E-state index contributed by atoms with van der Waals surface area (Å²) in [7, 11) is 1.86. The quantitative estimate of drug-likeness (QED) is 0.849. The Balaban J connectivity index is 1.88. The minimum atomic E-state index is -0.0828. The molecule has 6 nitrogen and oxygen atoms in total. The summed E-state index contributed by atoms with van der Waals surface area (Å²) in [6, 6.07) is 1.85. The van der Waals surface area contributed by atoms with Gasteiger partial charge >= 0.3 is 0 Å². The minimum absolute atomic E-state index is 0.00154. The molecular weight excluding hydrogens is 316 g/mol. The maximum absolute atomic E-state index is 13.2. The zero-order chi connectivity index (χ0) is 17.8. The second-order valence-electron chi connectivity index (χ2n) is 7.46. The number of hydrogen-bond acceptors (Lipinski definition) is 3. The zero-order valence-electron chi connectivity index (χ0n) is 15.5. The van der Waals surface area contributed by atoms with E-state index in [1.54, 1.807) is 4.68 Å². The van der Waals surface area contributed by atoms with Gasteiger partial charge in [0.05, 0.1) is 5.92 Å². The highest BCUT2D eigenvalue weighted by atomic mass is 16.2. The van der Waals surface area contributed by atoms with Crippen molar-refractivity contribution >= 4 is 11.8 Å². The third kappa shape index (κ3) is 4.05. The lowest BCUT2D eigenvalue weighted by Gasteiger charge is -2.39. The number of nitrogens with zero attached hydrogens (tertiary/aromatic N) is 3. The fraction of sp³-hybridized carbons (Fsp3) is 0.737. The van der Waals surface area contributed by atoms with Gasteiger partial charge in [-0.2, -0.15) is 5.10 Å². The van der Waals surface area contributed by atoms with Crippen LogP contribution in [0, 0.1) is 12.8 Å². The summed E-state index contributed by atoms with van der Waals surface area (Å²) in [5.41, 5.74) is 1.47. The third-order valence-corrected chi connectivity index (χ3v) is 5.69. The number of aryl methyl sites for hydroxylation is 2. The maximum Gasteiger partial charge on any atom is 0.274 e. The van der Waals surface area contributed by atoms with Crippen molar-refractivity contribution in [2.45, 2.75) is 64.3 Å². The molecule has 2 atom stereocenters. The molecule has 0 aromatic carbocycles. The van der Waals surface area contributed by atoms with Crippen molar-refractivity contribution in [3.05, 3.63) is 17.5 Å². The van der Waals surface area contributed by atoms with Crippen molar-refractivity contribution in [2.24, 2.45) is 13.0 Å². The van der Waals surface area contributed by atoms with Crippen LogP contribution in [0.5, 0.6) is 0 Å². The molecule has 2 fully saturated rings. The highest BCUT2D eigenvalue weighted by molar-refractivity contribution is 5.93. The fourth-order valence-corrected chi connectivity index (χ4v) is 4.12. The van der Waals surface area contributed by atoms with Crippen LogP contribution in [0.15, 0.2) is 6.07 Å². The second-order valence-corrected chi connectivity index (χ2v) is 7.46. The van der Waals surface area contributed by atoms with Gasteiger partial charge in [0.2, 0.25) is 5.91 Å². The van der Waals surface area contributed by atoms with E-state index in [9.17, 15) is 9.59 Å². The number of carbonyl (C=O) groups is 2. The Kier molecular flexibility index (Phi) is 5.76. The van der Waals surface area contributed by atoms with Crippen LogP contribution < -0.4 is 5.32 Å². The lowest BCUT2D eigenvalue weighted by Crippen LogP contribution is -2.51. The van der Waals surface area contributed by atoms with E-state index in [2.05, 4.69) is 10.4 Å². The second kappa shape index (κ2) is 8.02. The summed E-state index contributed by atoms with van der Waals surface area (Å²) in [5.74, 6) is 0.0230. The van der Waals surface area contributed by atoms with Crippen molar-refractivity contribution < 1.29 is 9.59 Å². The Labute approximate surface area is 149 Å². The molecule has 0 radical (unpaired) electrons. The van der Waals surface area contributed by atoms with E-state index >= 15 is 0 Å². The maximum atomic E-state index is 13.2. The first-order valence-electron chi connectivity index (χ1n) is 9.67. The van der Waals surface area contributed by atoms with Crippen molar-refractivity contribution in [1.29, 1.82) is 0 Å². The molecule has 1 aliphatic heterocycles. The van der Waals surface area contributed by atoms with E-state index in [0.717, 1.165) is 70.2 Å². The van der Waals surface area contributed by atoms with Gasteiger partial charge in [-0.25, -0.2) is 0 Å². The predicted octanol–water partition coefficient (Wildman–Crippen LogP) is 2.42. The Hall–Kier alpha value is -1.85. The highest BCUT2D eigenvalue weighted by Gasteiger charge is 2.37. The standard InChI is InChI=1S/C19H30N4O2/c1-14-13-16(21-22(14)2)19(25)23-12-8-4-3-7-11-20-18(24)15-9-5-6-10-17(15)23/h13,15,17H,3-12H2,1-2H3,(H,20,24)/t15-,17+/m1/s1. The van der Waals surface area contributed by atoms with E-state index in [1.165, 1.54) is 0 Å². The summed E-state index contributed by atoms with van der Waals surface area (Å²) in [6.07, 6.45) is 8.15. The molecular formula is C19H30N4O2.